The van der Waals surface area contributed by atoms with Gasteiger partial charge in [-0.05, 0) is 25.2 Å². The van der Waals surface area contributed by atoms with Crippen molar-refractivity contribution in [1.82, 2.24) is 10.3 Å². The maximum absolute atomic E-state index is 5.57. The Morgan fingerprint density at radius 3 is 3.06 bits per heavy atom. The summed E-state index contributed by atoms with van der Waals surface area (Å²) in [6, 6.07) is 0.683. The van der Waals surface area contributed by atoms with Gasteiger partial charge in [-0.15, -0.1) is 11.3 Å². The molecule has 4 heteroatoms. The first kappa shape index (κ1) is 13.0. The first-order valence-corrected chi connectivity index (χ1v) is 7.52. The van der Waals surface area contributed by atoms with Gasteiger partial charge in [-0.2, -0.15) is 0 Å². The number of hydrogen-bond acceptors (Lipinski definition) is 4. The molecule has 1 heterocycles. The third-order valence-electron chi connectivity index (χ3n) is 3.60. The summed E-state index contributed by atoms with van der Waals surface area (Å²) in [7, 11) is 0. The summed E-state index contributed by atoms with van der Waals surface area (Å²) in [6.07, 6.45) is 6.76. The van der Waals surface area contributed by atoms with Gasteiger partial charge in [-0.1, -0.05) is 19.8 Å². The van der Waals surface area contributed by atoms with Crippen LogP contribution in [0.1, 0.15) is 49.7 Å². The number of hydrogen-bond donors (Lipinski definition) is 2. The molecule has 3 nitrogen and oxygen atoms in total. The molecule has 96 valence electrons. The molecule has 1 aliphatic carbocycles. The second-order valence-corrected chi connectivity index (χ2v) is 6.07. The molecule has 0 amide bonds. The van der Waals surface area contributed by atoms with Crippen LogP contribution < -0.4 is 11.1 Å². The Kier molecular flexibility index (Phi) is 4.95. The minimum Gasteiger partial charge on any atom is -0.325 e. The lowest BCUT2D eigenvalue weighted by molar-refractivity contribution is 0.445. The van der Waals surface area contributed by atoms with E-state index in [0.29, 0.717) is 12.6 Å². The molecular formula is C13H23N3S. The summed E-state index contributed by atoms with van der Waals surface area (Å²) in [5, 5.41) is 6.80. The Balaban J connectivity index is 1.77. The van der Waals surface area contributed by atoms with Gasteiger partial charge in [-0.3, -0.25) is 0 Å². The van der Waals surface area contributed by atoms with E-state index in [2.05, 4.69) is 22.6 Å². The number of nitrogens with one attached hydrogen (secondary N) is 1. The Morgan fingerprint density at radius 1 is 1.41 bits per heavy atom. The van der Waals surface area contributed by atoms with E-state index in [0.717, 1.165) is 23.2 Å². The van der Waals surface area contributed by atoms with Crippen molar-refractivity contribution in [3.8, 4) is 0 Å². The van der Waals surface area contributed by atoms with Crippen molar-refractivity contribution in [1.29, 1.82) is 0 Å². The summed E-state index contributed by atoms with van der Waals surface area (Å²) < 4.78 is 0. The maximum atomic E-state index is 5.57. The number of rotatable bonds is 4. The Hall–Kier alpha value is -0.450. The van der Waals surface area contributed by atoms with Crippen molar-refractivity contribution in [3.63, 3.8) is 0 Å². The van der Waals surface area contributed by atoms with Crippen molar-refractivity contribution in [3.05, 3.63) is 16.1 Å². The predicted octanol–water partition coefficient (Wildman–Crippen LogP) is 2.66. The molecule has 0 aliphatic heterocycles. The van der Waals surface area contributed by atoms with Gasteiger partial charge in [0, 0.05) is 24.5 Å². The highest BCUT2D eigenvalue weighted by Gasteiger charge is 2.15. The topological polar surface area (TPSA) is 50.9 Å². The maximum Gasteiger partial charge on any atom is 0.106 e. The van der Waals surface area contributed by atoms with Crippen LogP contribution in [0.15, 0.2) is 5.38 Å². The van der Waals surface area contributed by atoms with E-state index in [4.69, 9.17) is 5.73 Å². The van der Waals surface area contributed by atoms with Gasteiger partial charge in [0.05, 0.1) is 5.69 Å². The van der Waals surface area contributed by atoms with Crippen molar-refractivity contribution >= 4 is 11.3 Å². The molecule has 1 saturated carbocycles. The fraction of sp³-hybridized carbons (Fsp3) is 0.769. The van der Waals surface area contributed by atoms with Crippen molar-refractivity contribution in [2.75, 3.05) is 0 Å². The summed E-state index contributed by atoms with van der Waals surface area (Å²) in [4.78, 5) is 4.48. The zero-order valence-electron chi connectivity index (χ0n) is 10.6. The van der Waals surface area contributed by atoms with E-state index in [1.165, 1.54) is 32.1 Å². The third-order valence-corrected chi connectivity index (χ3v) is 4.52. The van der Waals surface area contributed by atoms with Gasteiger partial charge < -0.3 is 11.1 Å². The molecular weight excluding hydrogens is 230 g/mol. The van der Waals surface area contributed by atoms with E-state index in [-0.39, 0.29) is 0 Å². The van der Waals surface area contributed by atoms with Crippen molar-refractivity contribution in [2.24, 2.45) is 11.7 Å². The van der Waals surface area contributed by atoms with E-state index in [9.17, 15) is 0 Å². The smallest absolute Gasteiger partial charge is 0.106 e. The number of nitrogens with two attached hydrogens (primary N) is 1. The van der Waals surface area contributed by atoms with Crippen molar-refractivity contribution < 1.29 is 0 Å². The minimum atomic E-state index is 0.561. The van der Waals surface area contributed by atoms with E-state index in [1.807, 2.05) is 0 Å². The highest BCUT2D eigenvalue weighted by atomic mass is 32.1. The molecule has 2 atom stereocenters. The third kappa shape index (κ3) is 4.05. The lowest BCUT2D eigenvalue weighted by atomic mass is 10.0. The molecule has 2 unspecified atom stereocenters. The van der Waals surface area contributed by atoms with Crippen LogP contribution in [0.5, 0.6) is 0 Å². The van der Waals surface area contributed by atoms with Crippen LogP contribution >= 0.6 is 11.3 Å². The quantitative estimate of drug-likeness (QED) is 0.811. The van der Waals surface area contributed by atoms with Gasteiger partial charge in [0.25, 0.3) is 0 Å². The largest absolute Gasteiger partial charge is 0.325 e. The number of nitrogens with zero attached hydrogens (tertiary/aromatic N) is 1. The minimum absolute atomic E-state index is 0.561. The molecule has 0 aromatic carbocycles. The second kappa shape index (κ2) is 6.47. The van der Waals surface area contributed by atoms with Crippen LogP contribution in [0, 0.1) is 5.92 Å². The summed E-state index contributed by atoms with van der Waals surface area (Å²) in [5.74, 6) is 0.907. The Labute approximate surface area is 108 Å². The zero-order valence-corrected chi connectivity index (χ0v) is 11.4. The Bertz CT molecular complexity index is 337. The standard InChI is InChI=1S/C13H23N3S/c1-10-3-2-4-11(6-5-10)15-8-12-9-17-13(7-14)16-12/h9-11,15H,2-8,14H2,1H3. The highest BCUT2D eigenvalue weighted by Crippen LogP contribution is 2.22. The van der Waals surface area contributed by atoms with Crippen LogP contribution in [0.3, 0.4) is 0 Å². The molecule has 3 N–H and O–H groups in total. The molecule has 1 aromatic rings. The van der Waals surface area contributed by atoms with Crippen LogP contribution in [0.25, 0.3) is 0 Å². The highest BCUT2D eigenvalue weighted by molar-refractivity contribution is 7.09. The summed E-state index contributed by atoms with van der Waals surface area (Å²) in [6.45, 7) is 3.83. The zero-order chi connectivity index (χ0) is 12.1. The van der Waals surface area contributed by atoms with Crippen LogP contribution in [0.4, 0.5) is 0 Å². The molecule has 1 aliphatic rings. The van der Waals surface area contributed by atoms with Gasteiger partial charge in [0.1, 0.15) is 5.01 Å². The molecule has 2 rings (SSSR count). The van der Waals surface area contributed by atoms with Crippen LogP contribution in [0.2, 0.25) is 0 Å². The summed E-state index contributed by atoms with van der Waals surface area (Å²) >= 11 is 1.66. The first-order chi connectivity index (χ1) is 8.28. The number of aromatic nitrogens is 1. The van der Waals surface area contributed by atoms with Crippen molar-refractivity contribution in [2.45, 2.75) is 58.2 Å². The fourth-order valence-corrected chi connectivity index (χ4v) is 3.14. The SMILES string of the molecule is CC1CCCC(NCc2csc(CN)n2)CC1. The molecule has 0 bridgehead atoms. The lowest BCUT2D eigenvalue weighted by Crippen LogP contribution is -2.28. The van der Waals surface area contributed by atoms with Gasteiger partial charge in [0.15, 0.2) is 0 Å². The molecule has 17 heavy (non-hydrogen) atoms. The fourth-order valence-electron chi connectivity index (χ4n) is 2.46. The molecule has 1 aromatic heterocycles. The van der Waals surface area contributed by atoms with Crippen LogP contribution in [-0.4, -0.2) is 11.0 Å². The second-order valence-electron chi connectivity index (χ2n) is 5.13. The summed E-state index contributed by atoms with van der Waals surface area (Å²) in [5.41, 5.74) is 6.71. The van der Waals surface area contributed by atoms with E-state index in [1.54, 1.807) is 11.3 Å². The normalized spacial score (nSPS) is 25.8. The predicted molar refractivity (Wildman–Crippen MR) is 72.9 cm³/mol. The van der Waals surface area contributed by atoms with Gasteiger partial charge in [0.2, 0.25) is 0 Å². The first-order valence-electron chi connectivity index (χ1n) is 6.64. The Morgan fingerprint density at radius 2 is 2.29 bits per heavy atom. The average Bonchev–Trinajstić information content (AvgIpc) is 2.70. The average molecular weight is 253 g/mol. The lowest BCUT2D eigenvalue weighted by Gasteiger charge is -2.15. The van der Waals surface area contributed by atoms with E-state index < -0.39 is 0 Å². The molecule has 0 saturated heterocycles. The van der Waals surface area contributed by atoms with Crippen LogP contribution in [-0.2, 0) is 13.1 Å². The molecule has 0 spiro atoms. The van der Waals surface area contributed by atoms with E-state index >= 15 is 0 Å². The van der Waals surface area contributed by atoms with Gasteiger partial charge >= 0.3 is 0 Å². The number of thiazole rings is 1. The molecule has 1 fully saturated rings. The van der Waals surface area contributed by atoms with Gasteiger partial charge in [-0.25, -0.2) is 4.98 Å². The molecule has 0 radical (unpaired) electrons. The monoisotopic (exact) mass is 253 g/mol.